The molecule has 30 heavy (non-hydrogen) atoms. The van der Waals surface area contributed by atoms with E-state index in [9.17, 15) is 9.18 Å². The smallest absolute Gasteiger partial charge is 0.271 e. The predicted molar refractivity (Wildman–Crippen MR) is 120 cm³/mol. The van der Waals surface area contributed by atoms with Crippen LogP contribution in [0, 0.1) is 5.82 Å². The number of amides is 1. The van der Waals surface area contributed by atoms with E-state index in [-0.39, 0.29) is 11.4 Å². The Hall–Kier alpha value is -2.81. The van der Waals surface area contributed by atoms with Crippen molar-refractivity contribution in [3.05, 3.63) is 76.6 Å². The first-order valence-electron chi connectivity index (χ1n) is 9.13. The third-order valence-corrected chi connectivity index (χ3v) is 7.38. The van der Waals surface area contributed by atoms with Gasteiger partial charge in [-0.05, 0) is 24.3 Å². The number of hydrogen-bond acceptors (Lipinski definition) is 5. The maximum absolute atomic E-state index is 14.2. The Bertz CT molecular complexity index is 1360. The summed E-state index contributed by atoms with van der Waals surface area (Å²) >= 11 is 9.18. The van der Waals surface area contributed by atoms with E-state index < -0.39 is 5.82 Å². The van der Waals surface area contributed by atoms with E-state index in [0.29, 0.717) is 32.8 Å². The molecule has 0 radical (unpaired) electrons. The zero-order chi connectivity index (χ0) is 20.7. The highest BCUT2D eigenvalue weighted by molar-refractivity contribution is 7.23. The number of para-hydroxylation sites is 1. The lowest BCUT2D eigenvalue weighted by atomic mass is 10.2. The number of aromatic nitrogens is 3. The van der Waals surface area contributed by atoms with Crippen molar-refractivity contribution in [1.82, 2.24) is 14.8 Å². The van der Waals surface area contributed by atoms with Crippen LogP contribution < -0.4 is 4.90 Å². The minimum atomic E-state index is -0.408. The van der Waals surface area contributed by atoms with Crippen LogP contribution in [0.4, 0.5) is 9.52 Å². The van der Waals surface area contributed by atoms with Crippen LogP contribution in [-0.4, -0.2) is 27.2 Å². The Morgan fingerprint density at radius 2 is 1.93 bits per heavy atom. The summed E-state index contributed by atoms with van der Waals surface area (Å²) in [5.74, 6) is -0.665. The fraction of sp³-hybridized carbons (Fsp3) is 0.0952. The quantitative estimate of drug-likeness (QED) is 0.333. The summed E-state index contributed by atoms with van der Waals surface area (Å²) < 4.78 is 17.6. The van der Waals surface area contributed by atoms with Gasteiger partial charge in [-0.3, -0.25) is 14.4 Å². The number of rotatable bonds is 5. The highest BCUT2D eigenvalue weighted by atomic mass is 35.5. The Labute approximate surface area is 184 Å². The maximum Gasteiger partial charge on any atom is 0.271 e. The molecular formula is C21H14ClFN4OS2. The number of anilines is 1. The first kappa shape index (κ1) is 19.2. The van der Waals surface area contributed by atoms with Crippen molar-refractivity contribution < 1.29 is 9.18 Å². The molecule has 0 fully saturated rings. The molecule has 0 atom stereocenters. The van der Waals surface area contributed by atoms with E-state index in [1.165, 1.54) is 28.7 Å². The lowest BCUT2D eigenvalue weighted by Gasteiger charge is -2.19. The van der Waals surface area contributed by atoms with Gasteiger partial charge in [0.1, 0.15) is 16.2 Å². The van der Waals surface area contributed by atoms with Crippen LogP contribution >= 0.6 is 34.3 Å². The summed E-state index contributed by atoms with van der Waals surface area (Å²) in [4.78, 5) is 20.0. The van der Waals surface area contributed by atoms with Crippen LogP contribution in [0.15, 0.2) is 60.9 Å². The molecule has 0 aliphatic heterocycles. The van der Waals surface area contributed by atoms with Crippen LogP contribution in [0.1, 0.15) is 9.67 Å². The lowest BCUT2D eigenvalue weighted by molar-refractivity contribution is 0.0990. The number of nitrogens with zero attached hydrogens (tertiary/aromatic N) is 4. The number of hydrogen-bond donors (Lipinski definition) is 0. The molecule has 0 aliphatic carbocycles. The van der Waals surface area contributed by atoms with Crippen LogP contribution in [0.3, 0.4) is 0 Å². The van der Waals surface area contributed by atoms with Crippen LogP contribution in [-0.2, 0) is 6.54 Å². The Morgan fingerprint density at radius 1 is 1.10 bits per heavy atom. The summed E-state index contributed by atoms with van der Waals surface area (Å²) in [6.45, 7) is 0.798. The van der Waals surface area contributed by atoms with Gasteiger partial charge < -0.3 is 0 Å². The minimum Gasteiger partial charge on any atom is -0.281 e. The van der Waals surface area contributed by atoms with Crippen LogP contribution in [0.2, 0.25) is 5.02 Å². The number of benzene rings is 2. The fourth-order valence-corrected chi connectivity index (χ4v) is 5.68. The monoisotopic (exact) mass is 456 g/mol. The molecule has 0 bridgehead atoms. The summed E-state index contributed by atoms with van der Waals surface area (Å²) in [6.07, 6.45) is 3.51. The van der Waals surface area contributed by atoms with Crippen molar-refractivity contribution in [1.29, 1.82) is 0 Å². The Balaban J connectivity index is 1.57. The van der Waals surface area contributed by atoms with E-state index in [0.717, 1.165) is 10.1 Å². The molecule has 0 saturated heterocycles. The Kier molecular flexibility index (Phi) is 4.98. The number of carbonyl (C=O) groups is 1. The topological polar surface area (TPSA) is 51.0 Å². The standard InChI is InChI=1S/C21H14ClFN4OS2/c22-17-13-5-1-2-7-15(13)29-19(17)20(28)27(12-11-26-10-4-9-24-26)21-25-18-14(23)6-3-8-16(18)30-21/h1-10H,11-12H2. The molecule has 3 aromatic heterocycles. The normalized spacial score (nSPS) is 11.4. The van der Waals surface area contributed by atoms with Crippen molar-refractivity contribution in [2.45, 2.75) is 6.54 Å². The third-order valence-electron chi connectivity index (χ3n) is 4.68. The fourth-order valence-electron chi connectivity index (χ4n) is 3.21. The molecule has 0 saturated carbocycles. The molecule has 9 heteroatoms. The molecule has 5 rings (SSSR count). The van der Waals surface area contributed by atoms with Crippen molar-refractivity contribution >= 4 is 65.6 Å². The second-order valence-corrected chi connectivity index (χ2v) is 8.99. The molecule has 1 amide bonds. The van der Waals surface area contributed by atoms with Gasteiger partial charge in [0, 0.05) is 29.0 Å². The van der Waals surface area contributed by atoms with Gasteiger partial charge in [-0.25, -0.2) is 9.37 Å². The van der Waals surface area contributed by atoms with E-state index in [4.69, 9.17) is 11.6 Å². The number of thiazole rings is 1. The molecular weight excluding hydrogens is 443 g/mol. The number of halogens is 2. The van der Waals surface area contributed by atoms with Crippen molar-refractivity contribution in [3.8, 4) is 0 Å². The lowest BCUT2D eigenvalue weighted by Crippen LogP contribution is -2.33. The van der Waals surface area contributed by atoms with E-state index in [1.807, 2.05) is 36.5 Å². The van der Waals surface area contributed by atoms with E-state index in [1.54, 1.807) is 27.9 Å². The van der Waals surface area contributed by atoms with E-state index >= 15 is 0 Å². The molecule has 5 nitrogen and oxygen atoms in total. The Morgan fingerprint density at radius 3 is 2.70 bits per heavy atom. The highest BCUT2D eigenvalue weighted by Gasteiger charge is 2.26. The van der Waals surface area contributed by atoms with Gasteiger partial charge in [-0.1, -0.05) is 47.2 Å². The van der Waals surface area contributed by atoms with Crippen molar-refractivity contribution in [3.63, 3.8) is 0 Å². The average Bonchev–Trinajstić information content (AvgIpc) is 3.48. The molecule has 150 valence electrons. The second-order valence-electron chi connectivity index (χ2n) is 6.55. The maximum atomic E-state index is 14.2. The van der Waals surface area contributed by atoms with Gasteiger partial charge in [-0.2, -0.15) is 5.10 Å². The van der Waals surface area contributed by atoms with Gasteiger partial charge in [0.2, 0.25) is 0 Å². The van der Waals surface area contributed by atoms with E-state index in [2.05, 4.69) is 10.1 Å². The van der Waals surface area contributed by atoms with Gasteiger partial charge in [0.05, 0.1) is 16.3 Å². The zero-order valence-corrected chi connectivity index (χ0v) is 17.8. The first-order chi connectivity index (χ1) is 14.6. The molecule has 5 aromatic rings. The van der Waals surface area contributed by atoms with Gasteiger partial charge in [0.25, 0.3) is 5.91 Å². The third kappa shape index (κ3) is 3.36. The minimum absolute atomic E-state index is 0.257. The average molecular weight is 457 g/mol. The van der Waals surface area contributed by atoms with Gasteiger partial charge in [-0.15, -0.1) is 11.3 Å². The summed E-state index contributed by atoms with van der Waals surface area (Å²) in [7, 11) is 0. The predicted octanol–water partition coefficient (Wildman–Crippen LogP) is 5.85. The highest BCUT2D eigenvalue weighted by Crippen LogP contribution is 2.38. The summed E-state index contributed by atoms with van der Waals surface area (Å²) in [5, 5.41) is 5.90. The second kappa shape index (κ2) is 7.79. The molecule has 0 spiro atoms. The van der Waals surface area contributed by atoms with Crippen LogP contribution in [0.5, 0.6) is 0 Å². The molecule has 0 aliphatic rings. The van der Waals surface area contributed by atoms with Crippen LogP contribution in [0.25, 0.3) is 20.3 Å². The number of carbonyl (C=O) groups excluding carboxylic acids is 1. The zero-order valence-electron chi connectivity index (χ0n) is 15.5. The SMILES string of the molecule is O=C(c1sc2ccccc2c1Cl)N(CCn1cccn1)c1nc2c(F)cccc2s1. The number of thiophene rings is 1. The van der Waals surface area contributed by atoms with Gasteiger partial charge >= 0.3 is 0 Å². The van der Waals surface area contributed by atoms with Crippen molar-refractivity contribution in [2.75, 3.05) is 11.4 Å². The first-order valence-corrected chi connectivity index (χ1v) is 11.1. The molecule has 0 unspecified atom stereocenters. The molecule has 2 aromatic carbocycles. The summed E-state index contributed by atoms with van der Waals surface area (Å²) in [6, 6.07) is 14.2. The van der Waals surface area contributed by atoms with Gasteiger partial charge in [0.15, 0.2) is 5.13 Å². The number of fused-ring (bicyclic) bond motifs is 2. The largest absolute Gasteiger partial charge is 0.281 e. The molecule has 3 heterocycles. The summed E-state index contributed by atoms with van der Waals surface area (Å²) in [5.41, 5.74) is 0.261. The molecule has 0 N–H and O–H groups in total. The van der Waals surface area contributed by atoms with Crippen molar-refractivity contribution in [2.24, 2.45) is 0 Å².